The quantitative estimate of drug-likeness (QED) is 0.321. The van der Waals surface area contributed by atoms with E-state index in [2.05, 4.69) is 0 Å². The molecule has 0 aromatic heterocycles. The standard InChI is InChI=1S/C4H4O4.Mg.4H2O/c5-3(6)1-2-4(7)8;;;;;/h1-2H,(H,5,6)(H,7,8);;4*1H2/q;+2;;;;/p-2/b2-1+;;;;;. The second-order valence-electron chi connectivity index (χ2n) is 0.971. The van der Waals surface area contributed by atoms with Gasteiger partial charge in [0.2, 0.25) is 0 Å². The van der Waals surface area contributed by atoms with Crippen LogP contribution in [0.3, 0.4) is 0 Å². The molecule has 0 atom stereocenters. The molecule has 9 heteroatoms. The topological polar surface area (TPSA) is 206 Å². The molecule has 0 aliphatic heterocycles. The fraction of sp³-hybridized carbons (Fsp3) is 0. The van der Waals surface area contributed by atoms with Crippen LogP contribution in [0.15, 0.2) is 12.2 Å². The molecular weight excluding hydrogens is 200 g/mol. The number of carbonyl (C=O) groups excluding carboxylic acids is 2. The van der Waals surface area contributed by atoms with E-state index in [1.54, 1.807) is 0 Å². The van der Waals surface area contributed by atoms with Crippen molar-refractivity contribution in [3.05, 3.63) is 12.2 Å². The van der Waals surface area contributed by atoms with Crippen LogP contribution < -0.4 is 10.2 Å². The van der Waals surface area contributed by atoms with Gasteiger partial charge in [-0.25, -0.2) is 0 Å². The van der Waals surface area contributed by atoms with E-state index in [1.807, 2.05) is 0 Å². The molecule has 76 valence electrons. The van der Waals surface area contributed by atoms with Crippen molar-refractivity contribution in [2.24, 2.45) is 0 Å². The van der Waals surface area contributed by atoms with Gasteiger partial charge in [-0.15, -0.1) is 0 Å². The average molecular weight is 210 g/mol. The van der Waals surface area contributed by atoms with Gasteiger partial charge in [0, 0.05) is 0 Å². The predicted molar refractivity (Wildman–Crippen MR) is 39.4 cm³/mol. The minimum atomic E-state index is -1.55. The van der Waals surface area contributed by atoms with Gasteiger partial charge in [-0.3, -0.25) is 0 Å². The van der Waals surface area contributed by atoms with Crippen LogP contribution in [-0.4, -0.2) is 56.9 Å². The molecule has 0 aromatic rings. The smallest absolute Gasteiger partial charge is 0.545 e. The van der Waals surface area contributed by atoms with Gasteiger partial charge in [0.1, 0.15) is 0 Å². The molecule has 0 spiro atoms. The van der Waals surface area contributed by atoms with Crippen LogP contribution >= 0.6 is 0 Å². The number of carbonyl (C=O) groups is 2. The van der Waals surface area contributed by atoms with Crippen LogP contribution in [-0.2, 0) is 9.59 Å². The first kappa shape index (κ1) is 39.6. The van der Waals surface area contributed by atoms with Gasteiger partial charge < -0.3 is 41.7 Å². The molecule has 8 nitrogen and oxygen atoms in total. The summed E-state index contributed by atoms with van der Waals surface area (Å²) in [5, 5.41) is 18.8. The Balaban J connectivity index is -0.0000000245. The number of hydrogen-bond acceptors (Lipinski definition) is 4. The van der Waals surface area contributed by atoms with E-state index in [-0.39, 0.29) is 45.0 Å². The fourth-order valence-corrected chi connectivity index (χ4v) is 0.136. The van der Waals surface area contributed by atoms with Gasteiger partial charge in [-0.2, -0.15) is 0 Å². The molecule has 8 N–H and O–H groups in total. The van der Waals surface area contributed by atoms with Crippen LogP contribution in [0.5, 0.6) is 0 Å². The van der Waals surface area contributed by atoms with Crippen LogP contribution in [0.25, 0.3) is 0 Å². The molecule has 0 aromatic carbocycles. The van der Waals surface area contributed by atoms with E-state index in [0.717, 1.165) is 0 Å². The van der Waals surface area contributed by atoms with E-state index in [4.69, 9.17) is 0 Å². The normalized spacial score (nSPS) is 5.85. The summed E-state index contributed by atoms with van der Waals surface area (Å²) >= 11 is 0. The summed E-state index contributed by atoms with van der Waals surface area (Å²) in [7, 11) is 0. The molecule has 0 amide bonds. The molecular formula is C4H10MgO8. The average Bonchev–Trinajstić information content (AvgIpc) is 1.61. The molecule has 0 saturated heterocycles. The minimum absolute atomic E-state index is 0. The van der Waals surface area contributed by atoms with Crippen molar-refractivity contribution in [3.63, 3.8) is 0 Å². The number of hydrogen-bond donors (Lipinski definition) is 0. The van der Waals surface area contributed by atoms with Crippen molar-refractivity contribution >= 4 is 35.0 Å². The van der Waals surface area contributed by atoms with E-state index < -0.39 is 11.9 Å². The maximum Gasteiger partial charge on any atom is 2.00 e. The van der Waals surface area contributed by atoms with E-state index in [9.17, 15) is 19.8 Å². The first-order valence-electron chi connectivity index (χ1n) is 1.73. The Labute approximate surface area is 89.2 Å². The molecule has 13 heavy (non-hydrogen) atoms. The van der Waals surface area contributed by atoms with Crippen molar-refractivity contribution in [2.45, 2.75) is 0 Å². The Hall–Kier alpha value is -0.714. The third-order valence-corrected chi connectivity index (χ3v) is 0.355. The first-order chi connectivity index (χ1) is 3.63. The Bertz CT molecular complexity index is 127. The molecule has 0 saturated carbocycles. The van der Waals surface area contributed by atoms with Gasteiger partial charge in [0.25, 0.3) is 0 Å². The molecule has 0 radical (unpaired) electrons. The van der Waals surface area contributed by atoms with E-state index >= 15 is 0 Å². The zero-order chi connectivity index (χ0) is 6.57. The zero-order valence-electron chi connectivity index (χ0n) is 6.49. The Morgan fingerprint density at radius 1 is 0.769 bits per heavy atom. The summed E-state index contributed by atoms with van der Waals surface area (Å²) in [6, 6.07) is 0. The van der Waals surface area contributed by atoms with Crippen molar-refractivity contribution in [1.82, 2.24) is 0 Å². The number of carboxylic acid groups (broad SMARTS) is 2. The van der Waals surface area contributed by atoms with Crippen LogP contribution in [0.1, 0.15) is 0 Å². The summed E-state index contributed by atoms with van der Waals surface area (Å²) in [5.41, 5.74) is 0. The van der Waals surface area contributed by atoms with Crippen molar-refractivity contribution in [3.8, 4) is 0 Å². The van der Waals surface area contributed by atoms with E-state index in [0.29, 0.717) is 12.2 Å². The van der Waals surface area contributed by atoms with Gasteiger partial charge in [-0.05, 0) is 12.2 Å². The molecule has 0 fully saturated rings. The molecule has 0 aliphatic carbocycles. The van der Waals surface area contributed by atoms with Gasteiger partial charge in [0.15, 0.2) is 0 Å². The Morgan fingerprint density at radius 2 is 0.923 bits per heavy atom. The van der Waals surface area contributed by atoms with Gasteiger partial charge in [-0.1, -0.05) is 0 Å². The summed E-state index contributed by atoms with van der Waals surface area (Å²) < 4.78 is 0. The maximum atomic E-state index is 9.41. The molecule has 0 aliphatic rings. The van der Waals surface area contributed by atoms with Crippen LogP contribution in [0.4, 0.5) is 0 Å². The monoisotopic (exact) mass is 210 g/mol. The van der Waals surface area contributed by atoms with Gasteiger partial charge >= 0.3 is 23.1 Å². The van der Waals surface area contributed by atoms with Crippen molar-refractivity contribution in [1.29, 1.82) is 0 Å². The number of rotatable bonds is 2. The largest absolute Gasteiger partial charge is 2.00 e. The molecule has 0 rings (SSSR count). The second-order valence-corrected chi connectivity index (χ2v) is 0.971. The van der Waals surface area contributed by atoms with Crippen LogP contribution in [0, 0.1) is 0 Å². The molecule has 0 bridgehead atoms. The summed E-state index contributed by atoms with van der Waals surface area (Å²) in [5.74, 6) is -3.09. The Kier molecular flexibility index (Phi) is 68.5. The summed E-state index contributed by atoms with van der Waals surface area (Å²) in [6.07, 6.45) is 0.769. The molecule has 0 heterocycles. The number of aliphatic carboxylic acids is 2. The van der Waals surface area contributed by atoms with Gasteiger partial charge in [0.05, 0.1) is 11.9 Å². The molecule has 0 unspecified atom stereocenters. The van der Waals surface area contributed by atoms with Crippen LogP contribution in [0.2, 0.25) is 0 Å². The Morgan fingerprint density at radius 3 is 1.00 bits per heavy atom. The SMILES string of the molecule is O.O.O.O.O=C([O-])/C=C/C(=O)[O-].[Mg+2]. The fourth-order valence-electron chi connectivity index (χ4n) is 0.136. The zero-order valence-corrected chi connectivity index (χ0v) is 7.91. The summed E-state index contributed by atoms with van der Waals surface area (Å²) in [4.78, 5) is 18.8. The minimum Gasteiger partial charge on any atom is -0.545 e. The maximum absolute atomic E-state index is 9.41. The summed E-state index contributed by atoms with van der Waals surface area (Å²) in [6.45, 7) is 0. The predicted octanol–water partition coefficient (Wildman–Crippen LogP) is -6.64. The first-order valence-corrected chi connectivity index (χ1v) is 1.73. The van der Waals surface area contributed by atoms with E-state index in [1.165, 1.54) is 0 Å². The number of carboxylic acids is 2. The third kappa shape index (κ3) is 53.0. The third-order valence-electron chi connectivity index (χ3n) is 0.355. The second kappa shape index (κ2) is 22.5. The van der Waals surface area contributed by atoms with Crippen molar-refractivity contribution in [2.75, 3.05) is 0 Å². The van der Waals surface area contributed by atoms with Crippen molar-refractivity contribution < 1.29 is 41.7 Å².